The van der Waals surface area contributed by atoms with E-state index in [0.717, 1.165) is 6.07 Å². The Morgan fingerprint density at radius 1 is 1.47 bits per heavy atom. The molecule has 3 N–H and O–H groups in total. The average Bonchev–Trinajstić information content (AvgIpc) is 2.58. The van der Waals surface area contributed by atoms with E-state index in [1.54, 1.807) is 5.38 Å². The van der Waals surface area contributed by atoms with Gasteiger partial charge in [0, 0.05) is 17.0 Å². The Morgan fingerprint density at radius 2 is 2.20 bits per heavy atom. The maximum Gasteiger partial charge on any atom is 0.180 e. The fourth-order valence-corrected chi connectivity index (χ4v) is 2.06. The summed E-state index contributed by atoms with van der Waals surface area (Å²) in [7, 11) is 0. The molecule has 2 aromatic rings. The zero-order chi connectivity index (χ0) is 11.0. The third-order valence-electron chi connectivity index (χ3n) is 1.84. The minimum atomic E-state index is -0.514. The molecule has 1 heterocycles. The van der Waals surface area contributed by atoms with Gasteiger partial charge in [0.05, 0.1) is 10.2 Å². The third-order valence-corrected chi connectivity index (χ3v) is 3.12. The number of nitrogen functional groups attached to an aromatic ring is 1. The van der Waals surface area contributed by atoms with Crippen molar-refractivity contribution in [1.29, 1.82) is 0 Å². The fourth-order valence-electron chi connectivity index (χ4n) is 1.15. The molecule has 0 aliphatic heterocycles. The molecule has 2 rings (SSSR count). The van der Waals surface area contributed by atoms with Gasteiger partial charge in [0.15, 0.2) is 5.13 Å². The van der Waals surface area contributed by atoms with E-state index in [1.165, 1.54) is 17.4 Å². The second kappa shape index (κ2) is 3.79. The molecule has 0 atom stereocenters. The lowest BCUT2D eigenvalue weighted by Gasteiger charge is -2.02. The van der Waals surface area contributed by atoms with Crippen LogP contribution in [0.5, 0.6) is 5.75 Å². The van der Waals surface area contributed by atoms with Crippen molar-refractivity contribution in [2.24, 2.45) is 0 Å². The van der Waals surface area contributed by atoms with Crippen LogP contribution in [0.15, 0.2) is 22.0 Å². The molecule has 3 nitrogen and oxygen atoms in total. The molecule has 1 aromatic carbocycles. The standard InChI is InChI=1S/C9H6BrFN2OS/c10-5-1-4(8(14)2-6(5)11)7-3-15-9(12)13-7/h1-3,14H,(H2,12,13). The highest BCUT2D eigenvalue weighted by Crippen LogP contribution is 2.34. The number of halogens is 2. The van der Waals surface area contributed by atoms with Gasteiger partial charge in [0.1, 0.15) is 11.6 Å². The number of nitrogens with zero attached hydrogens (tertiary/aromatic N) is 1. The summed E-state index contributed by atoms with van der Waals surface area (Å²) in [5, 5.41) is 11.7. The van der Waals surface area contributed by atoms with E-state index < -0.39 is 5.82 Å². The monoisotopic (exact) mass is 288 g/mol. The number of benzene rings is 1. The summed E-state index contributed by atoms with van der Waals surface area (Å²) in [5.74, 6) is -0.666. The molecule has 0 aliphatic carbocycles. The highest BCUT2D eigenvalue weighted by atomic mass is 79.9. The maximum absolute atomic E-state index is 13.0. The molecule has 0 bridgehead atoms. The number of phenolic OH excluding ortho intramolecular Hbond substituents is 1. The number of aromatic hydroxyl groups is 1. The Morgan fingerprint density at radius 3 is 2.80 bits per heavy atom. The molecule has 0 aliphatic rings. The minimum Gasteiger partial charge on any atom is -0.507 e. The number of anilines is 1. The average molecular weight is 289 g/mol. The van der Waals surface area contributed by atoms with E-state index in [2.05, 4.69) is 20.9 Å². The van der Waals surface area contributed by atoms with Crippen LogP contribution in [0, 0.1) is 5.82 Å². The summed E-state index contributed by atoms with van der Waals surface area (Å²) < 4.78 is 13.3. The molecule has 0 radical (unpaired) electrons. The molecule has 6 heteroatoms. The molecule has 0 amide bonds. The van der Waals surface area contributed by atoms with Gasteiger partial charge in [-0.3, -0.25) is 0 Å². The van der Waals surface area contributed by atoms with Gasteiger partial charge in [0.25, 0.3) is 0 Å². The van der Waals surface area contributed by atoms with Gasteiger partial charge >= 0.3 is 0 Å². The Kier molecular flexibility index (Phi) is 2.62. The predicted molar refractivity (Wildman–Crippen MR) is 61.3 cm³/mol. The molecule has 15 heavy (non-hydrogen) atoms. The Hall–Kier alpha value is -1.14. The predicted octanol–water partition coefficient (Wildman–Crippen LogP) is 3.00. The number of aromatic nitrogens is 1. The van der Waals surface area contributed by atoms with Crippen LogP contribution < -0.4 is 5.73 Å². The SMILES string of the molecule is Nc1nc(-c2cc(Br)c(F)cc2O)cs1. The van der Waals surface area contributed by atoms with Crippen molar-refractivity contribution >= 4 is 32.4 Å². The Labute approximate surface area is 97.5 Å². The highest BCUT2D eigenvalue weighted by molar-refractivity contribution is 9.10. The van der Waals surface area contributed by atoms with Crippen LogP contribution in [0.2, 0.25) is 0 Å². The molecule has 78 valence electrons. The second-order valence-electron chi connectivity index (χ2n) is 2.85. The molecule has 0 fully saturated rings. The highest BCUT2D eigenvalue weighted by Gasteiger charge is 2.11. The number of hydrogen-bond donors (Lipinski definition) is 2. The summed E-state index contributed by atoms with van der Waals surface area (Å²) in [5.41, 5.74) is 6.47. The first-order valence-electron chi connectivity index (χ1n) is 3.97. The van der Waals surface area contributed by atoms with Gasteiger partial charge < -0.3 is 10.8 Å². The van der Waals surface area contributed by atoms with E-state index in [0.29, 0.717) is 16.4 Å². The Bertz CT molecular complexity index is 515. The van der Waals surface area contributed by atoms with Crippen molar-refractivity contribution in [2.45, 2.75) is 0 Å². The van der Waals surface area contributed by atoms with Crippen molar-refractivity contribution in [1.82, 2.24) is 4.98 Å². The van der Waals surface area contributed by atoms with Gasteiger partial charge in [-0.15, -0.1) is 11.3 Å². The zero-order valence-electron chi connectivity index (χ0n) is 7.37. The molecule has 0 saturated heterocycles. The summed E-state index contributed by atoms with van der Waals surface area (Å²) in [6.07, 6.45) is 0. The van der Waals surface area contributed by atoms with Gasteiger partial charge in [-0.05, 0) is 22.0 Å². The summed E-state index contributed by atoms with van der Waals surface area (Å²) in [6, 6.07) is 2.51. The minimum absolute atomic E-state index is 0.152. The van der Waals surface area contributed by atoms with Crippen LogP contribution in [-0.4, -0.2) is 10.1 Å². The Balaban J connectivity index is 2.58. The van der Waals surface area contributed by atoms with E-state index in [1.807, 2.05) is 0 Å². The van der Waals surface area contributed by atoms with Gasteiger partial charge in [-0.2, -0.15) is 0 Å². The summed E-state index contributed by atoms with van der Waals surface area (Å²) >= 11 is 4.31. The van der Waals surface area contributed by atoms with Crippen LogP contribution in [0.25, 0.3) is 11.3 Å². The molecule has 0 saturated carbocycles. The van der Waals surface area contributed by atoms with Gasteiger partial charge in [0.2, 0.25) is 0 Å². The third kappa shape index (κ3) is 1.95. The van der Waals surface area contributed by atoms with Crippen molar-refractivity contribution < 1.29 is 9.50 Å². The smallest absolute Gasteiger partial charge is 0.180 e. The van der Waals surface area contributed by atoms with Crippen LogP contribution in [0.4, 0.5) is 9.52 Å². The molecule has 0 spiro atoms. The van der Waals surface area contributed by atoms with Crippen molar-refractivity contribution in [3.05, 3.63) is 27.8 Å². The molecule has 0 unspecified atom stereocenters. The van der Waals surface area contributed by atoms with Crippen molar-refractivity contribution in [2.75, 3.05) is 5.73 Å². The lowest BCUT2D eigenvalue weighted by atomic mass is 10.1. The number of thiazole rings is 1. The summed E-state index contributed by atoms with van der Waals surface area (Å²) in [4.78, 5) is 4.01. The van der Waals surface area contributed by atoms with Gasteiger partial charge in [-0.25, -0.2) is 9.37 Å². The second-order valence-corrected chi connectivity index (χ2v) is 4.60. The number of hydrogen-bond acceptors (Lipinski definition) is 4. The number of phenols is 1. The fraction of sp³-hybridized carbons (Fsp3) is 0. The van der Waals surface area contributed by atoms with E-state index in [4.69, 9.17) is 5.73 Å². The van der Waals surface area contributed by atoms with Crippen LogP contribution in [0.1, 0.15) is 0 Å². The molecular formula is C9H6BrFN2OS. The van der Waals surface area contributed by atoms with Gasteiger partial charge in [-0.1, -0.05) is 0 Å². The van der Waals surface area contributed by atoms with E-state index >= 15 is 0 Å². The van der Waals surface area contributed by atoms with E-state index in [-0.39, 0.29) is 10.2 Å². The number of nitrogens with two attached hydrogens (primary N) is 1. The maximum atomic E-state index is 13.0. The lowest BCUT2D eigenvalue weighted by molar-refractivity contribution is 0.470. The lowest BCUT2D eigenvalue weighted by Crippen LogP contribution is -1.85. The largest absolute Gasteiger partial charge is 0.507 e. The number of rotatable bonds is 1. The molecular weight excluding hydrogens is 283 g/mol. The van der Waals surface area contributed by atoms with Crippen LogP contribution in [0.3, 0.4) is 0 Å². The summed E-state index contributed by atoms with van der Waals surface area (Å²) in [6.45, 7) is 0. The van der Waals surface area contributed by atoms with E-state index in [9.17, 15) is 9.50 Å². The first kappa shape index (κ1) is 10.4. The molecule has 1 aromatic heterocycles. The first-order valence-corrected chi connectivity index (χ1v) is 5.64. The van der Waals surface area contributed by atoms with Crippen LogP contribution in [-0.2, 0) is 0 Å². The quantitative estimate of drug-likeness (QED) is 0.848. The zero-order valence-corrected chi connectivity index (χ0v) is 9.77. The topological polar surface area (TPSA) is 59.1 Å². The van der Waals surface area contributed by atoms with Crippen LogP contribution >= 0.6 is 27.3 Å². The van der Waals surface area contributed by atoms with Crippen molar-refractivity contribution in [3.8, 4) is 17.0 Å². The first-order chi connectivity index (χ1) is 7.08. The normalized spacial score (nSPS) is 10.5. The van der Waals surface area contributed by atoms with Crippen molar-refractivity contribution in [3.63, 3.8) is 0 Å².